The molecule has 10 nitrogen and oxygen atoms in total. The Morgan fingerprint density at radius 3 is 2.73 bits per heavy atom. The fourth-order valence-electron chi connectivity index (χ4n) is 5.65. The van der Waals surface area contributed by atoms with E-state index in [4.69, 9.17) is 4.74 Å². The van der Waals surface area contributed by atoms with Gasteiger partial charge in [0.1, 0.15) is 6.04 Å². The van der Waals surface area contributed by atoms with Gasteiger partial charge < -0.3 is 20.7 Å². The van der Waals surface area contributed by atoms with Crippen LogP contribution in [0.1, 0.15) is 52.4 Å². The highest BCUT2D eigenvalue weighted by atomic mass is 16.5. The summed E-state index contributed by atoms with van der Waals surface area (Å²) in [4.78, 5) is 41.7. The highest BCUT2D eigenvalue weighted by molar-refractivity contribution is 5.92. The van der Waals surface area contributed by atoms with E-state index in [9.17, 15) is 14.4 Å². The molecule has 3 N–H and O–H groups in total. The fraction of sp³-hybridized carbons (Fsp3) is 0.704. The van der Waals surface area contributed by atoms with E-state index in [0.29, 0.717) is 57.7 Å². The first kappa shape index (κ1) is 27.3. The normalized spacial score (nSPS) is 27.9. The van der Waals surface area contributed by atoms with Gasteiger partial charge in [-0.15, -0.1) is 0 Å². The molecule has 3 aliphatic heterocycles. The predicted molar refractivity (Wildman–Crippen MR) is 141 cm³/mol. The lowest BCUT2D eigenvalue weighted by molar-refractivity contribution is -0.138. The van der Waals surface area contributed by atoms with Gasteiger partial charge in [-0.25, -0.2) is 0 Å². The Bertz CT molecular complexity index is 981. The lowest BCUT2D eigenvalue weighted by atomic mass is 9.74. The summed E-state index contributed by atoms with van der Waals surface area (Å²) in [6, 6.07) is -0.494. The monoisotopic (exact) mass is 514 g/mol. The number of likely N-dealkylation sites (tertiary alicyclic amines) is 1. The van der Waals surface area contributed by atoms with E-state index in [-0.39, 0.29) is 42.1 Å². The highest BCUT2D eigenvalue weighted by Crippen LogP contribution is 2.37. The Labute approximate surface area is 219 Å². The van der Waals surface area contributed by atoms with Gasteiger partial charge in [0.25, 0.3) is 0 Å². The van der Waals surface area contributed by atoms with Crippen molar-refractivity contribution >= 4 is 23.4 Å². The molecule has 204 valence electrons. The summed E-state index contributed by atoms with van der Waals surface area (Å²) in [6.07, 6.45) is 11.8. The summed E-state index contributed by atoms with van der Waals surface area (Å²) in [5, 5.41) is 13.3. The second-order valence-corrected chi connectivity index (χ2v) is 11.3. The topological polar surface area (TPSA) is 118 Å². The fourth-order valence-corrected chi connectivity index (χ4v) is 5.65. The zero-order valence-electron chi connectivity index (χ0n) is 22.4. The number of nitrogens with zero attached hydrogens (tertiary/aromatic N) is 3. The molecule has 0 aromatic carbocycles. The molecule has 1 spiro atoms. The third-order valence-electron chi connectivity index (χ3n) is 7.90. The van der Waals surface area contributed by atoms with Crippen molar-refractivity contribution in [3.63, 3.8) is 0 Å². The van der Waals surface area contributed by atoms with Crippen molar-refractivity contribution in [3.05, 3.63) is 24.5 Å². The summed E-state index contributed by atoms with van der Waals surface area (Å²) >= 11 is 0. The summed E-state index contributed by atoms with van der Waals surface area (Å²) in [5.41, 5.74) is 0.0779. The molecule has 3 aliphatic rings. The maximum absolute atomic E-state index is 13.7. The Hall–Kier alpha value is -2.72. The minimum Gasteiger partial charge on any atom is -0.381 e. The number of amides is 3. The lowest BCUT2D eigenvalue weighted by Gasteiger charge is -2.41. The van der Waals surface area contributed by atoms with Crippen LogP contribution in [-0.2, 0) is 26.2 Å². The first-order valence-corrected chi connectivity index (χ1v) is 13.6. The average molecular weight is 515 g/mol. The maximum atomic E-state index is 13.7. The molecule has 0 radical (unpaired) electrons. The van der Waals surface area contributed by atoms with Crippen molar-refractivity contribution in [1.29, 1.82) is 0 Å². The van der Waals surface area contributed by atoms with Crippen molar-refractivity contribution in [2.45, 2.75) is 64.5 Å². The summed E-state index contributed by atoms with van der Waals surface area (Å²) in [6.45, 7) is 6.97. The second-order valence-electron chi connectivity index (χ2n) is 11.3. The number of allylic oxidation sites excluding steroid dienone is 2. The standard InChI is InChI=1S/C27H42N6O4/c1-19(2)14-23-25(35)30-22-7-13-37-18-20(22)6-4-5-8-27(26(36)31-23)9-11-33(12-10-27)17-24(34)29-21-15-28-32(3)16-21/h4-5,15-16,19-20,22-23H,6-14,17-18H2,1-3H3,(H,29,34)(H,30,35)(H,31,36)/b5-4-/t20-,22+,23-/m1/s1. The molecule has 0 unspecified atom stereocenters. The van der Waals surface area contributed by atoms with Gasteiger partial charge >= 0.3 is 0 Å². The largest absolute Gasteiger partial charge is 0.381 e. The van der Waals surface area contributed by atoms with Gasteiger partial charge in [0.15, 0.2) is 0 Å². The molecule has 3 amide bonds. The van der Waals surface area contributed by atoms with Gasteiger partial charge in [0.2, 0.25) is 17.7 Å². The molecule has 1 aromatic rings. The molecule has 37 heavy (non-hydrogen) atoms. The molecular formula is C27H42N6O4. The number of piperidine rings is 1. The molecule has 2 fully saturated rings. The second kappa shape index (κ2) is 12.2. The summed E-state index contributed by atoms with van der Waals surface area (Å²) in [7, 11) is 1.80. The van der Waals surface area contributed by atoms with Gasteiger partial charge in [0.05, 0.1) is 30.5 Å². The summed E-state index contributed by atoms with van der Waals surface area (Å²) in [5.74, 6) is 0.264. The molecule has 1 aromatic heterocycles. The number of hydrogen-bond donors (Lipinski definition) is 3. The van der Waals surface area contributed by atoms with Crippen LogP contribution in [0.5, 0.6) is 0 Å². The third-order valence-corrected chi connectivity index (χ3v) is 7.90. The average Bonchev–Trinajstić information content (AvgIpc) is 3.26. The van der Waals surface area contributed by atoms with E-state index in [1.165, 1.54) is 0 Å². The van der Waals surface area contributed by atoms with E-state index >= 15 is 0 Å². The summed E-state index contributed by atoms with van der Waals surface area (Å²) < 4.78 is 7.34. The van der Waals surface area contributed by atoms with Crippen molar-refractivity contribution in [1.82, 2.24) is 25.3 Å². The van der Waals surface area contributed by atoms with Crippen LogP contribution in [0.3, 0.4) is 0 Å². The van der Waals surface area contributed by atoms with Crippen molar-refractivity contribution in [2.75, 3.05) is 38.2 Å². The molecule has 0 saturated carbocycles. The molecular weight excluding hydrogens is 472 g/mol. The van der Waals surface area contributed by atoms with Gasteiger partial charge in [-0.05, 0) is 57.5 Å². The van der Waals surface area contributed by atoms with Crippen LogP contribution in [0.15, 0.2) is 24.5 Å². The molecule has 2 saturated heterocycles. The van der Waals surface area contributed by atoms with Gasteiger partial charge in [-0.3, -0.25) is 24.0 Å². The van der Waals surface area contributed by atoms with Crippen LogP contribution in [-0.4, -0.2) is 77.3 Å². The Balaban J connectivity index is 1.44. The first-order valence-electron chi connectivity index (χ1n) is 13.6. The van der Waals surface area contributed by atoms with Crippen molar-refractivity contribution in [2.24, 2.45) is 24.3 Å². The van der Waals surface area contributed by atoms with Gasteiger partial charge in [-0.1, -0.05) is 26.0 Å². The molecule has 4 heterocycles. The molecule has 0 aliphatic carbocycles. The smallest absolute Gasteiger partial charge is 0.242 e. The van der Waals surface area contributed by atoms with Crippen LogP contribution in [0.4, 0.5) is 5.69 Å². The number of nitrogens with one attached hydrogen (secondary N) is 3. The quantitative estimate of drug-likeness (QED) is 0.516. The van der Waals surface area contributed by atoms with E-state index in [2.05, 4.69) is 51.9 Å². The van der Waals surface area contributed by atoms with E-state index < -0.39 is 11.5 Å². The van der Waals surface area contributed by atoms with Crippen LogP contribution < -0.4 is 16.0 Å². The third kappa shape index (κ3) is 7.19. The number of ether oxygens (including phenoxy) is 1. The number of carbonyl (C=O) groups is 3. The number of aryl methyl sites for hydroxylation is 1. The van der Waals surface area contributed by atoms with Gasteiger partial charge in [0, 0.05) is 31.8 Å². The van der Waals surface area contributed by atoms with E-state index in [1.807, 2.05) is 0 Å². The van der Waals surface area contributed by atoms with E-state index in [1.54, 1.807) is 24.1 Å². The van der Waals surface area contributed by atoms with E-state index in [0.717, 1.165) is 12.8 Å². The number of fused-ring (bicyclic) bond motifs is 1. The first-order chi connectivity index (χ1) is 17.7. The number of carbonyl (C=O) groups excluding carboxylic acids is 3. The minimum atomic E-state index is -0.593. The molecule has 3 atom stereocenters. The van der Waals surface area contributed by atoms with Crippen LogP contribution in [0.2, 0.25) is 0 Å². The van der Waals surface area contributed by atoms with Gasteiger partial charge in [-0.2, -0.15) is 5.10 Å². The molecule has 10 heteroatoms. The van der Waals surface area contributed by atoms with Crippen molar-refractivity contribution in [3.8, 4) is 0 Å². The Morgan fingerprint density at radius 2 is 2.03 bits per heavy atom. The molecule has 0 bridgehead atoms. The number of rotatable bonds is 5. The Kier molecular flexibility index (Phi) is 9.02. The van der Waals surface area contributed by atoms with Crippen LogP contribution in [0.25, 0.3) is 0 Å². The zero-order chi connectivity index (χ0) is 26.4. The number of aromatic nitrogens is 2. The lowest BCUT2D eigenvalue weighted by Crippen LogP contribution is -2.57. The number of hydrogen-bond acceptors (Lipinski definition) is 6. The van der Waals surface area contributed by atoms with Crippen LogP contribution in [0, 0.1) is 17.3 Å². The van der Waals surface area contributed by atoms with Crippen LogP contribution >= 0.6 is 0 Å². The Morgan fingerprint density at radius 1 is 1.24 bits per heavy atom. The number of anilines is 1. The predicted octanol–water partition coefficient (Wildman–Crippen LogP) is 1.84. The highest BCUT2D eigenvalue weighted by Gasteiger charge is 2.42. The zero-order valence-corrected chi connectivity index (χ0v) is 22.4. The SMILES string of the molecule is CC(C)C[C@H]1NC(=O)C2(C/C=C\C[C@@H]3COCC[C@@H]3NC1=O)CCN(CC(=O)Nc1cnn(C)c1)CC2. The van der Waals surface area contributed by atoms with Crippen molar-refractivity contribution < 1.29 is 19.1 Å². The minimum absolute atomic E-state index is 0.0542. The maximum Gasteiger partial charge on any atom is 0.242 e. The molecule has 4 rings (SSSR count).